The van der Waals surface area contributed by atoms with Crippen molar-refractivity contribution in [1.82, 2.24) is 15.5 Å². The summed E-state index contributed by atoms with van der Waals surface area (Å²) in [6.45, 7) is 7.45. The normalized spacial score (nSPS) is 34.1. The van der Waals surface area contributed by atoms with E-state index in [-0.39, 0.29) is 0 Å². The first-order chi connectivity index (χ1) is 7.74. The third kappa shape index (κ3) is 3.70. The van der Waals surface area contributed by atoms with Crippen molar-refractivity contribution in [2.75, 3.05) is 39.9 Å². The van der Waals surface area contributed by atoms with Gasteiger partial charge in [0.15, 0.2) is 0 Å². The van der Waals surface area contributed by atoms with Crippen molar-refractivity contribution in [3.63, 3.8) is 0 Å². The van der Waals surface area contributed by atoms with Crippen LogP contribution in [-0.2, 0) is 4.74 Å². The van der Waals surface area contributed by atoms with Crippen molar-refractivity contribution in [3.8, 4) is 0 Å². The summed E-state index contributed by atoms with van der Waals surface area (Å²) in [4.78, 5) is 2.40. The molecule has 4 heteroatoms. The molecule has 0 saturated carbocycles. The Bertz CT molecular complexity index is 200. The fraction of sp³-hybridized carbons (Fsp3) is 1.00. The van der Waals surface area contributed by atoms with E-state index in [4.69, 9.17) is 4.74 Å². The van der Waals surface area contributed by atoms with Crippen LogP contribution in [0.2, 0.25) is 0 Å². The Morgan fingerprint density at radius 1 is 1.56 bits per heavy atom. The van der Waals surface area contributed by atoms with E-state index in [2.05, 4.69) is 29.5 Å². The second kappa shape index (κ2) is 5.96. The number of rotatable bonds is 4. The maximum absolute atomic E-state index is 5.47. The van der Waals surface area contributed by atoms with Crippen LogP contribution in [0.5, 0.6) is 0 Å². The van der Waals surface area contributed by atoms with E-state index in [0.29, 0.717) is 18.1 Å². The lowest BCUT2D eigenvalue weighted by Gasteiger charge is -2.28. The number of nitrogens with zero attached hydrogens (tertiary/aromatic N) is 1. The first-order valence-corrected chi connectivity index (χ1v) is 6.50. The van der Waals surface area contributed by atoms with Gasteiger partial charge in [-0.1, -0.05) is 0 Å². The smallest absolute Gasteiger partial charge is 0.0620 e. The van der Waals surface area contributed by atoms with Crippen molar-refractivity contribution < 1.29 is 4.74 Å². The Kier molecular flexibility index (Phi) is 4.58. The first kappa shape index (κ1) is 12.3. The largest absolute Gasteiger partial charge is 0.379 e. The van der Waals surface area contributed by atoms with Gasteiger partial charge in [0.25, 0.3) is 0 Å². The zero-order valence-corrected chi connectivity index (χ0v) is 10.5. The van der Waals surface area contributed by atoms with Gasteiger partial charge in [-0.25, -0.2) is 0 Å². The summed E-state index contributed by atoms with van der Waals surface area (Å²) >= 11 is 0. The fourth-order valence-electron chi connectivity index (χ4n) is 2.74. The van der Waals surface area contributed by atoms with E-state index in [1.807, 2.05) is 0 Å². The number of hydrogen-bond acceptors (Lipinski definition) is 4. The van der Waals surface area contributed by atoms with Crippen LogP contribution in [0.3, 0.4) is 0 Å². The van der Waals surface area contributed by atoms with Crippen molar-refractivity contribution in [2.24, 2.45) is 0 Å². The zero-order valence-electron chi connectivity index (χ0n) is 10.5. The highest BCUT2D eigenvalue weighted by Crippen LogP contribution is 2.09. The summed E-state index contributed by atoms with van der Waals surface area (Å²) in [5.41, 5.74) is 0. The zero-order chi connectivity index (χ0) is 11.4. The van der Waals surface area contributed by atoms with Gasteiger partial charge >= 0.3 is 0 Å². The average Bonchev–Trinajstić information content (AvgIpc) is 2.65. The van der Waals surface area contributed by atoms with Crippen LogP contribution in [0, 0.1) is 0 Å². The summed E-state index contributed by atoms with van der Waals surface area (Å²) in [5.74, 6) is 0. The topological polar surface area (TPSA) is 36.5 Å². The molecular formula is C12H25N3O. The second-order valence-electron chi connectivity index (χ2n) is 5.28. The van der Waals surface area contributed by atoms with E-state index < -0.39 is 0 Å². The lowest BCUT2D eigenvalue weighted by molar-refractivity contribution is 0.0708. The highest BCUT2D eigenvalue weighted by molar-refractivity contribution is 4.83. The van der Waals surface area contributed by atoms with Crippen LogP contribution >= 0.6 is 0 Å². The molecule has 3 unspecified atom stereocenters. The SMILES string of the molecule is CC(CC1COCCN1)NC1CCN(C)C1. The van der Waals surface area contributed by atoms with Crippen molar-refractivity contribution in [2.45, 2.75) is 37.9 Å². The molecule has 0 aromatic rings. The van der Waals surface area contributed by atoms with Crippen LogP contribution in [0.15, 0.2) is 0 Å². The fourth-order valence-corrected chi connectivity index (χ4v) is 2.74. The summed E-state index contributed by atoms with van der Waals surface area (Å²) < 4.78 is 5.47. The summed E-state index contributed by atoms with van der Waals surface area (Å²) in [5, 5.41) is 7.23. The van der Waals surface area contributed by atoms with Gasteiger partial charge in [-0.2, -0.15) is 0 Å². The van der Waals surface area contributed by atoms with E-state index in [9.17, 15) is 0 Å². The predicted octanol–water partition coefficient (Wildman–Crippen LogP) is 0.0471. The van der Waals surface area contributed by atoms with Crippen LogP contribution in [0.4, 0.5) is 0 Å². The van der Waals surface area contributed by atoms with Crippen LogP contribution < -0.4 is 10.6 Å². The predicted molar refractivity (Wildman–Crippen MR) is 65.7 cm³/mol. The number of hydrogen-bond donors (Lipinski definition) is 2. The van der Waals surface area contributed by atoms with E-state index in [1.54, 1.807) is 0 Å². The van der Waals surface area contributed by atoms with E-state index >= 15 is 0 Å². The molecule has 4 nitrogen and oxygen atoms in total. The highest BCUT2D eigenvalue weighted by atomic mass is 16.5. The molecule has 0 bridgehead atoms. The summed E-state index contributed by atoms with van der Waals surface area (Å²) in [7, 11) is 2.20. The molecule has 0 aromatic carbocycles. The van der Waals surface area contributed by atoms with Gasteiger partial charge < -0.3 is 20.3 Å². The standard InChI is InChI=1S/C12H25N3O/c1-10(7-12-9-16-6-4-13-12)14-11-3-5-15(2)8-11/h10-14H,3-9H2,1-2H3. The van der Waals surface area contributed by atoms with Crippen molar-refractivity contribution in [3.05, 3.63) is 0 Å². The van der Waals surface area contributed by atoms with Gasteiger partial charge in [0.2, 0.25) is 0 Å². The van der Waals surface area contributed by atoms with Gasteiger partial charge in [-0.3, -0.25) is 0 Å². The molecule has 16 heavy (non-hydrogen) atoms. The molecule has 0 radical (unpaired) electrons. The maximum Gasteiger partial charge on any atom is 0.0620 e. The Hall–Kier alpha value is -0.160. The number of nitrogens with one attached hydrogen (secondary N) is 2. The molecule has 2 N–H and O–H groups in total. The third-order valence-electron chi connectivity index (χ3n) is 3.55. The molecule has 2 saturated heterocycles. The third-order valence-corrected chi connectivity index (χ3v) is 3.55. The van der Waals surface area contributed by atoms with Crippen LogP contribution in [0.1, 0.15) is 19.8 Å². The minimum atomic E-state index is 0.537. The van der Waals surface area contributed by atoms with Crippen LogP contribution in [0.25, 0.3) is 0 Å². The minimum absolute atomic E-state index is 0.537. The average molecular weight is 227 g/mol. The van der Waals surface area contributed by atoms with E-state index in [0.717, 1.165) is 19.8 Å². The Morgan fingerprint density at radius 2 is 2.44 bits per heavy atom. The van der Waals surface area contributed by atoms with Gasteiger partial charge in [-0.05, 0) is 33.4 Å². The lowest BCUT2D eigenvalue weighted by atomic mass is 10.1. The summed E-state index contributed by atoms with van der Waals surface area (Å²) in [6.07, 6.45) is 2.45. The van der Waals surface area contributed by atoms with Gasteiger partial charge in [0, 0.05) is 31.2 Å². The van der Waals surface area contributed by atoms with E-state index in [1.165, 1.54) is 25.9 Å². The monoisotopic (exact) mass is 227 g/mol. The lowest BCUT2D eigenvalue weighted by Crippen LogP contribution is -2.47. The summed E-state index contributed by atoms with van der Waals surface area (Å²) in [6, 6.07) is 1.80. The number of ether oxygens (including phenoxy) is 1. The number of morpholine rings is 1. The molecular weight excluding hydrogens is 202 g/mol. The van der Waals surface area contributed by atoms with Crippen molar-refractivity contribution >= 4 is 0 Å². The molecule has 2 aliphatic heterocycles. The molecule has 2 aliphatic rings. The Morgan fingerprint density at radius 3 is 3.06 bits per heavy atom. The molecule has 0 amide bonds. The molecule has 3 atom stereocenters. The van der Waals surface area contributed by atoms with Gasteiger partial charge in [0.1, 0.15) is 0 Å². The highest BCUT2D eigenvalue weighted by Gasteiger charge is 2.22. The first-order valence-electron chi connectivity index (χ1n) is 6.50. The van der Waals surface area contributed by atoms with Gasteiger partial charge in [-0.15, -0.1) is 0 Å². The quantitative estimate of drug-likeness (QED) is 0.711. The Balaban J connectivity index is 1.65. The molecule has 0 spiro atoms. The minimum Gasteiger partial charge on any atom is -0.379 e. The van der Waals surface area contributed by atoms with Gasteiger partial charge in [0.05, 0.1) is 13.2 Å². The molecule has 2 rings (SSSR count). The molecule has 0 aliphatic carbocycles. The molecule has 2 fully saturated rings. The van der Waals surface area contributed by atoms with Crippen LogP contribution in [-0.4, -0.2) is 62.9 Å². The second-order valence-corrected chi connectivity index (χ2v) is 5.28. The molecule has 2 heterocycles. The maximum atomic E-state index is 5.47. The molecule has 0 aromatic heterocycles. The van der Waals surface area contributed by atoms with Crippen molar-refractivity contribution in [1.29, 1.82) is 0 Å². The number of likely N-dealkylation sites (tertiary alicyclic amines) is 1. The Labute approximate surface area is 98.7 Å². The number of likely N-dealkylation sites (N-methyl/N-ethyl adjacent to an activating group) is 1. The molecule has 94 valence electrons.